The van der Waals surface area contributed by atoms with Gasteiger partial charge in [-0.05, 0) is 136 Å². The Morgan fingerprint density at radius 3 is 1.42 bits per heavy atom. The Bertz CT molecular complexity index is 3640. The Morgan fingerprint density at radius 1 is 0.258 bits per heavy atom. The molecule has 0 saturated heterocycles. The summed E-state index contributed by atoms with van der Waals surface area (Å²) in [6.45, 7) is 0. The zero-order valence-electron chi connectivity index (χ0n) is 34.0. The van der Waals surface area contributed by atoms with E-state index in [9.17, 15) is 0 Å². The summed E-state index contributed by atoms with van der Waals surface area (Å²) in [7, 11) is 0. The standard InChI is InChI=1S/C61H39N/c1-4-18-40(19-5-1)42-34-43(41-20-6-2-7-21-41)36-45(35-42)61(44-22-8-3-9-23-44)57-30-16-14-28-52(57)55-38-56-53-29-15-17-31-59(53)62(60(56)39-58(55)61)46-32-33-51-49-26-11-10-24-47(49)48-25-12-13-27-50(48)54(51)37-46/h1-39H. The molecule has 0 aliphatic heterocycles. The molecule has 11 aromatic carbocycles. The van der Waals surface area contributed by atoms with Crippen molar-refractivity contribution in [2.45, 2.75) is 5.41 Å². The largest absolute Gasteiger partial charge is 0.309 e. The zero-order valence-corrected chi connectivity index (χ0v) is 34.0. The van der Waals surface area contributed by atoms with Crippen LogP contribution in [0.25, 0.3) is 93.2 Å². The molecule has 1 heteroatoms. The molecule has 1 unspecified atom stereocenters. The molecule has 0 fully saturated rings. The lowest BCUT2D eigenvalue weighted by Gasteiger charge is -2.35. The smallest absolute Gasteiger partial charge is 0.0714 e. The van der Waals surface area contributed by atoms with Gasteiger partial charge in [-0.2, -0.15) is 0 Å². The summed E-state index contributed by atoms with van der Waals surface area (Å²) in [4.78, 5) is 0. The van der Waals surface area contributed by atoms with Gasteiger partial charge in [-0.3, -0.25) is 0 Å². The van der Waals surface area contributed by atoms with E-state index < -0.39 is 5.41 Å². The average Bonchev–Trinajstić information content (AvgIpc) is 3.84. The second kappa shape index (κ2) is 13.5. The number of hydrogen-bond donors (Lipinski definition) is 0. The zero-order chi connectivity index (χ0) is 40.8. The Labute approximate surface area is 360 Å². The number of benzene rings is 11. The molecule has 1 nitrogen and oxygen atoms in total. The second-order valence-corrected chi connectivity index (χ2v) is 16.8. The van der Waals surface area contributed by atoms with Crippen LogP contribution in [0, 0.1) is 0 Å². The number of aromatic nitrogens is 1. The van der Waals surface area contributed by atoms with Crippen LogP contribution in [0.2, 0.25) is 0 Å². The maximum Gasteiger partial charge on any atom is 0.0714 e. The van der Waals surface area contributed by atoms with Crippen molar-refractivity contribution in [2.24, 2.45) is 0 Å². The van der Waals surface area contributed by atoms with Gasteiger partial charge in [0.15, 0.2) is 0 Å². The molecular weight excluding hydrogens is 747 g/mol. The van der Waals surface area contributed by atoms with E-state index in [1.54, 1.807) is 0 Å². The van der Waals surface area contributed by atoms with E-state index in [1.807, 2.05) is 0 Å². The van der Waals surface area contributed by atoms with Crippen molar-refractivity contribution in [3.05, 3.63) is 259 Å². The van der Waals surface area contributed by atoms with Gasteiger partial charge in [-0.25, -0.2) is 0 Å². The fourth-order valence-corrected chi connectivity index (χ4v) is 11.0. The molecule has 1 atom stereocenters. The number of para-hydroxylation sites is 1. The van der Waals surface area contributed by atoms with Crippen LogP contribution in [-0.2, 0) is 5.41 Å². The van der Waals surface area contributed by atoms with E-state index in [2.05, 4.69) is 241 Å². The maximum absolute atomic E-state index is 2.54. The molecule has 1 aliphatic rings. The van der Waals surface area contributed by atoms with E-state index in [1.165, 1.54) is 110 Å². The highest BCUT2D eigenvalue weighted by atomic mass is 15.0. The summed E-state index contributed by atoms with van der Waals surface area (Å²) in [6, 6.07) is 88.2. The van der Waals surface area contributed by atoms with Gasteiger partial charge in [0.25, 0.3) is 0 Å². The fraction of sp³-hybridized carbons (Fsp3) is 0.0164. The van der Waals surface area contributed by atoms with E-state index in [-0.39, 0.29) is 0 Å². The predicted molar refractivity (Wildman–Crippen MR) is 261 cm³/mol. The molecule has 288 valence electrons. The molecule has 0 N–H and O–H groups in total. The van der Waals surface area contributed by atoms with Crippen LogP contribution in [-0.4, -0.2) is 4.57 Å². The lowest BCUT2D eigenvalue weighted by molar-refractivity contribution is 0.770. The summed E-state index contributed by atoms with van der Waals surface area (Å²) < 4.78 is 2.52. The molecule has 0 bridgehead atoms. The molecule has 62 heavy (non-hydrogen) atoms. The van der Waals surface area contributed by atoms with Crippen molar-refractivity contribution in [1.29, 1.82) is 0 Å². The molecule has 0 radical (unpaired) electrons. The van der Waals surface area contributed by atoms with Crippen LogP contribution in [0.3, 0.4) is 0 Å². The van der Waals surface area contributed by atoms with Crippen LogP contribution in [0.4, 0.5) is 0 Å². The number of nitrogens with zero attached hydrogens (tertiary/aromatic N) is 1. The van der Waals surface area contributed by atoms with E-state index in [0.29, 0.717) is 0 Å². The third kappa shape index (κ3) is 4.97. The number of hydrogen-bond acceptors (Lipinski definition) is 0. The molecular formula is C61H39N. The summed E-state index contributed by atoms with van der Waals surface area (Å²) in [5.41, 5.74) is 15.4. The Morgan fingerprint density at radius 2 is 0.774 bits per heavy atom. The highest BCUT2D eigenvalue weighted by Crippen LogP contribution is 2.58. The van der Waals surface area contributed by atoms with Gasteiger partial charge in [0.1, 0.15) is 0 Å². The first kappa shape index (κ1) is 34.8. The summed E-state index contributed by atoms with van der Waals surface area (Å²) in [5, 5.41) is 10.2. The van der Waals surface area contributed by atoms with Gasteiger partial charge in [0.2, 0.25) is 0 Å². The van der Waals surface area contributed by atoms with Gasteiger partial charge < -0.3 is 4.57 Å². The summed E-state index contributed by atoms with van der Waals surface area (Å²) in [5.74, 6) is 0. The third-order valence-electron chi connectivity index (χ3n) is 13.6. The minimum absolute atomic E-state index is 0.616. The van der Waals surface area contributed by atoms with Gasteiger partial charge in [0, 0.05) is 16.5 Å². The average molecular weight is 786 g/mol. The Hall–Kier alpha value is -8.00. The van der Waals surface area contributed by atoms with E-state index in [0.717, 1.165) is 5.69 Å². The van der Waals surface area contributed by atoms with Gasteiger partial charge in [-0.1, -0.05) is 188 Å². The monoisotopic (exact) mass is 785 g/mol. The van der Waals surface area contributed by atoms with Crippen LogP contribution < -0.4 is 0 Å². The molecule has 1 heterocycles. The van der Waals surface area contributed by atoms with Crippen molar-refractivity contribution in [3.63, 3.8) is 0 Å². The first-order chi connectivity index (χ1) is 30.8. The third-order valence-corrected chi connectivity index (χ3v) is 13.6. The second-order valence-electron chi connectivity index (χ2n) is 16.8. The maximum atomic E-state index is 2.54. The van der Waals surface area contributed by atoms with Crippen molar-refractivity contribution in [2.75, 3.05) is 0 Å². The van der Waals surface area contributed by atoms with Gasteiger partial charge in [0.05, 0.1) is 16.4 Å². The lowest BCUT2D eigenvalue weighted by atomic mass is 9.67. The molecule has 0 amide bonds. The minimum Gasteiger partial charge on any atom is -0.309 e. The molecule has 1 aromatic heterocycles. The highest BCUT2D eigenvalue weighted by molar-refractivity contribution is 6.25. The van der Waals surface area contributed by atoms with E-state index >= 15 is 0 Å². The van der Waals surface area contributed by atoms with Crippen LogP contribution >= 0.6 is 0 Å². The first-order valence-corrected chi connectivity index (χ1v) is 21.6. The predicted octanol–water partition coefficient (Wildman–Crippen LogP) is 15.9. The molecule has 1 aliphatic carbocycles. The van der Waals surface area contributed by atoms with Crippen LogP contribution in [0.15, 0.2) is 237 Å². The normalized spacial score (nSPS) is 14.5. The minimum atomic E-state index is -0.616. The lowest BCUT2D eigenvalue weighted by Crippen LogP contribution is -2.28. The topological polar surface area (TPSA) is 4.93 Å². The molecule has 13 rings (SSSR count). The quantitative estimate of drug-likeness (QED) is 0.153. The van der Waals surface area contributed by atoms with E-state index in [4.69, 9.17) is 0 Å². The SMILES string of the molecule is c1ccc(-c2cc(-c3ccccc3)cc(C3(c4ccccc4)c4ccccc4-c4cc5c6ccccc6n(-c6ccc7c8ccccc8c8ccccc8c7c6)c5cc43)c2)cc1. The Kier molecular flexibility index (Phi) is 7.59. The van der Waals surface area contributed by atoms with Crippen molar-refractivity contribution in [1.82, 2.24) is 4.57 Å². The van der Waals surface area contributed by atoms with Gasteiger partial charge in [-0.15, -0.1) is 0 Å². The van der Waals surface area contributed by atoms with Gasteiger partial charge >= 0.3 is 0 Å². The fourth-order valence-electron chi connectivity index (χ4n) is 11.0. The number of rotatable bonds is 5. The first-order valence-electron chi connectivity index (χ1n) is 21.6. The van der Waals surface area contributed by atoms with Crippen molar-refractivity contribution < 1.29 is 0 Å². The Balaban J connectivity index is 1.16. The summed E-state index contributed by atoms with van der Waals surface area (Å²) >= 11 is 0. The molecule has 12 aromatic rings. The summed E-state index contributed by atoms with van der Waals surface area (Å²) in [6.07, 6.45) is 0. The van der Waals surface area contributed by atoms with Crippen molar-refractivity contribution >= 4 is 54.1 Å². The molecule has 0 saturated carbocycles. The van der Waals surface area contributed by atoms with Crippen LogP contribution in [0.1, 0.15) is 22.3 Å². The molecule has 0 spiro atoms. The van der Waals surface area contributed by atoms with Crippen LogP contribution in [0.5, 0.6) is 0 Å². The van der Waals surface area contributed by atoms with Crippen molar-refractivity contribution in [3.8, 4) is 39.1 Å². The highest BCUT2D eigenvalue weighted by Gasteiger charge is 2.47. The number of fused-ring (bicyclic) bond motifs is 12.